The van der Waals surface area contributed by atoms with E-state index in [0.717, 1.165) is 19.3 Å². The summed E-state index contributed by atoms with van der Waals surface area (Å²) in [5, 5.41) is 10.8. The Balaban J connectivity index is 1.76. The third kappa shape index (κ3) is 1.95. The van der Waals surface area contributed by atoms with Crippen molar-refractivity contribution in [3.63, 3.8) is 0 Å². The van der Waals surface area contributed by atoms with Crippen LogP contribution in [0.4, 0.5) is 0 Å². The zero-order chi connectivity index (χ0) is 17.3. The molecule has 4 rings (SSSR count). The number of aliphatic hydroxyl groups is 1. The SMILES string of the molecule is CC[C@H]1C[C@H](O)[C@@]2(C)CC[C@H]3[C@@H](CCC4=CC(=O)C=C(C)[C@@]43C)[C@H]12. The fraction of sp³-hybridized carbons (Fsp3) is 0.773. The van der Waals surface area contributed by atoms with Crippen LogP contribution in [0, 0.1) is 34.5 Å². The highest BCUT2D eigenvalue weighted by Gasteiger charge is 2.61. The van der Waals surface area contributed by atoms with Crippen LogP contribution in [-0.4, -0.2) is 17.0 Å². The molecule has 0 heterocycles. The van der Waals surface area contributed by atoms with E-state index in [0.29, 0.717) is 23.7 Å². The minimum atomic E-state index is -0.122. The highest BCUT2D eigenvalue weighted by molar-refractivity contribution is 6.02. The van der Waals surface area contributed by atoms with Crippen LogP contribution in [0.15, 0.2) is 23.3 Å². The van der Waals surface area contributed by atoms with E-state index < -0.39 is 0 Å². The van der Waals surface area contributed by atoms with E-state index in [1.165, 1.54) is 30.4 Å². The van der Waals surface area contributed by atoms with E-state index in [1.807, 2.05) is 12.2 Å². The largest absolute Gasteiger partial charge is 0.393 e. The summed E-state index contributed by atoms with van der Waals surface area (Å²) in [5.74, 6) is 2.84. The molecule has 7 atom stereocenters. The number of allylic oxidation sites excluding steroid dienone is 4. The van der Waals surface area contributed by atoms with Crippen LogP contribution in [0.2, 0.25) is 0 Å². The molecule has 3 saturated carbocycles. The molecule has 2 nitrogen and oxygen atoms in total. The number of hydrogen-bond donors (Lipinski definition) is 1. The molecule has 0 unspecified atom stereocenters. The predicted molar refractivity (Wildman–Crippen MR) is 96.4 cm³/mol. The molecule has 0 saturated heterocycles. The molecule has 4 aliphatic rings. The first kappa shape index (κ1) is 16.6. The maximum atomic E-state index is 12.0. The Morgan fingerprint density at radius 1 is 1.25 bits per heavy atom. The van der Waals surface area contributed by atoms with Gasteiger partial charge in [-0.25, -0.2) is 0 Å². The molecule has 0 spiro atoms. The van der Waals surface area contributed by atoms with Crippen molar-refractivity contribution in [1.82, 2.24) is 0 Å². The quantitative estimate of drug-likeness (QED) is 0.759. The summed E-state index contributed by atoms with van der Waals surface area (Å²) >= 11 is 0. The minimum Gasteiger partial charge on any atom is -0.393 e. The van der Waals surface area contributed by atoms with Gasteiger partial charge < -0.3 is 5.11 Å². The van der Waals surface area contributed by atoms with Crippen LogP contribution in [0.1, 0.15) is 66.2 Å². The zero-order valence-corrected chi connectivity index (χ0v) is 15.6. The molecule has 0 amide bonds. The normalized spacial score (nSPS) is 50.5. The van der Waals surface area contributed by atoms with E-state index in [9.17, 15) is 9.90 Å². The van der Waals surface area contributed by atoms with Crippen LogP contribution in [0.5, 0.6) is 0 Å². The fourth-order valence-corrected chi connectivity index (χ4v) is 7.25. The minimum absolute atomic E-state index is 0.0734. The van der Waals surface area contributed by atoms with Crippen LogP contribution < -0.4 is 0 Å². The second kappa shape index (κ2) is 5.30. The molecular formula is C22H32O2. The highest BCUT2D eigenvalue weighted by Crippen LogP contribution is 2.67. The molecule has 0 bridgehead atoms. The van der Waals surface area contributed by atoms with Gasteiger partial charge in [0, 0.05) is 5.41 Å². The van der Waals surface area contributed by atoms with Crippen molar-refractivity contribution < 1.29 is 9.90 Å². The number of ketones is 1. The standard InChI is InChI=1S/C22H32O2/c1-5-14-11-19(24)21(3)9-8-18-17(20(14)21)7-6-15-12-16(23)10-13(2)22(15,18)4/h10,12,14,17-20,24H,5-9,11H2,1-4H3/t14-,17+,18-,19-,20-,21+,22-/m0/s1. The second-order valence-corrected chi connectivity index (χ2v) is 9.40. The Bertz CT molecular complexity index is 630. The van der Waals surface area contributed by atoms with Gasteiger partial charge in [-0.2, -0.15) is 0 Å². The molecule has 3 fully saturated rings. The zero-order valence-electron chi connectivity index (χ0n) is 15.6. The van der Waals surface area contributed by atoms with Gasteiger partial charge in [-0.1, -0.05) is 38.3 Å². The van der Waals surface area contributed by atoms with Crippen molar-refractivity contribution in [2.75, 3.05) is 0 Å². The summed E-state index contributed by atoms with van der Waals surface area (Å²) in [6.07, 6.45) is 10.5. The third-order valence-corrected chi connectivity index (χ3v) is 8.70. The summed E-state index contributed by atoms with van der Waals surface area (Å²) in [6, 6.07) is 0. The molecule has 24 heavy (non-hydrogen) atoms. The van der Waals surface area contributed by atoms with Gasteiger partial charge in [-0.05, 0) is 80.3 Å². The fourth-order valence-electron chi connectivity index (χ4n) is 7.25. The number of carbonyl (C=O) groups excluding carboxylic acids is 1. The van der Waals surface area contributed by atoms with Crippen LogP contribution in [-0.2, 0) is 4.79 Å². The monoisotopic (exact) mass is 328 g/mol. The summed E-state index contributed by atoms with van der Waals surface area (Å²) < 4.78 is 0. The topological polar surface area (TPSA) is 37.3 Å². The van der Waals surface area contributed by atoms with Crippen molar-refractivity contribution in [1.29, 1.82) is 0 Å². The van der Waals surface area contributed by atoms with Crippen molar-refractivity contribution in [3.8, 4) is 0 Å². The van der Waals surface area contributed by atoms with Crippen molar-refractivity contribution in [2.45, 2.75) is 72.3 Å². The third-order valence-electron chi connectivity index (χ3n) is 8.70. The molecule has 0 aromatic carbocycles. The number of fused-ring (bicyclic) bond motifs is 5. The van der Waals surface area contributed by atoms with E-state index in [1.54, 1.807) is 0 Å². The van der Waals surface area contributed by atoms with E-state index in [2.05, 4.69) is 27.7 Å². The molecular weight excluding hydrogens is 296 g/mol. The van der Waals surface area contributed by atoms with Gasteiger partial charge >= 0.3 is 0 Å². The summed E-state index contributed by atoms with van der Waals surface area (Å²) in [4.78, 5) is 12.0. The molecule has 0 aromatic heterocycles. The van der Waals surface area contributed by atoms with Crippen molar-refractivity contribution >= 4 is 5.78 Å². The van der Waals surface area contributed by atoms with E-state index >= 15 is 0 Å². The molecule has 132 valence electrons. The Labute approximate surface area is 146 Å². The van der Waals surface area contributed by atoms with Crippen molar-refractivity contribution in [2.24, 2.45) is 34.5 Å². The lowest BCUT2D eigenvalue weighted by Gasteiger charge is -2.58. The first-order valence-corrected chi connectivity index (χ1v) is 9.94. The van der Waals surface area contributed by atoms with Crippen LogP contribution in [0.3, 0.4) is 0 Å². The average Bonchev–Trinajstić information content (AvgIpc) is 2.80. The lowest BCUT2D eigenvalue weighted by Crippen LogP contribution is -2.52. The van der Waals surface area contributed by atoms with E-state index in [-0.39, 0.29) is 22.7 Å². The molecule has 4 aliphatic carbocycles. The van der Waals surface area contributed by atoms with Gasteiger partial charge in [0.05, 0.1) is 6.10 Å². The van der Waals surface area contributed by atoms with Gasteiger partial charge in [0.2, 0.25) is 0 Å². The number of rotatable bonds is 1. The Kier molecular flexibility index (Phi) is 3.66. The van der Waals surface area contributed by atoms with Crippen LogP contribution in [0.25, 0.3) is 0 Å². The smallest absolute Gasteiger partial charge is 0.178 e. The number of carbonyl (C=O) groups is 1. The van der Waals surface area contributed by atoms with Gasteiger partial charge in [-0.3, -0.25) is 4.79 Å². The number of aliphatic hydroxyl groups excluding tert-OH is 1. The summed E-state index contributed by atoms with van der Waals surface area (Å²) in [7, 11) is 0. The average molecular weight is 328 g/mol. The van der Waals surface area contributed by atoms with Gasteiger partial charge in [0.1, 0.15) is 0 Å². The molecule has 0 aliphatic heterocycles. The lowest BCUT2D eigenvalue weighted by atomic mass is 9.46. The lowest BCUT2D eigenvalue weighted by molar-refractivity contribution is -0.111. The summed E-state index contributed by atoms with van der Waals surface area (Å²) in [6.45, 7) is 9.22. The molecule has 0 aromatic rings. The Morgan fingerprint density at radius 3 is 2.71 bits per heavy atom. The van der Waals surface area contributed by atoms with Gasteiger partial charge in [-0.15, -0.1) is 0 Å². The maximum absolute atomic E-state index is 12.0. The van der Waals surface area contributed by atoms with Gasteiger partial charge in [0.15, 0.2) is 5.78 Å². The van der Waals surface area contributed by atoms with Crippen LogP contribution >= 0.6 is 0 Å². The Hall–Kier alpha value is -0.890. The molecule has 2 heteroatoms. The highest BCUT2D eigenvalue weighted by atomic mass is 16.3. The molecule has 1 N–H and O–H groups in total. The van der Waals surface area contributed by atoms with Gasteiger partial charge in [0.25, 0.3) is 0 Å². The first-order valence-electron chi connectivity index (χ1n) is 9.94. The number of hydrogen-bond acceptors (Lipinski definition) is 2. The maximum Gasteiger partial charge on any atom is 0.178 e. The predicted octanol–water partition coefficient (Wildman–Crippen LogP) is 4.68. The van der Waals surface area contributed by atoms with Crippen molar-refractivity contribution in [3.05, 3.63) is 23.3 Å². The first-order chi connectivity index (χ1) is 11.3. The van der Waals surface area contributed by atoms with E-state index in [4.69, 9.17) is 0 Å². The second-order valence-electron chi connectivity index (χ2n) is 9.40. The molecule has 0 radical (unpaired) electrons. The Morgan fingerprint density at radius 2 is 2.00 bits per heavy atom. The summed E-state index contributed by atoms with van der Waals surface area (Å²) in [5.41, 5.74) is 2.84.